The van der Waals surface area contributed by atoms with Gasteiger partial charge in [-0.2, -0.15) is 5.26 Å². The lowest BCUT2D eigenvalue weighted by Gasteiger charge is -2.25. The van der Waals surface area contributed by atoms with Gasteiger partial charge in [0.05, 0.1) is 35.4 Å². The number of amides is 1. The Hall–Kier alpha value is -4.22. The van der Waals surface area contributed by atoms with Crippen molar-refractivity contribution in [2.24, 2.45) is 4.99 Å². The van der Waals surface area contributed by atoms with Crippen molar-refractivity contribution in [3.63, 3.8) is 0 Å². The van der Waals surface area contributed by atoms with Crippen LogP contribution < -0.4 is 10.6 Å². The van der Waals surface area contributed by atoms with Gasteiger partial charge < -0.3 is 15.5 Å². The average molecular weight is 495 g/mol. The van der Waals surface area contributed by atoms with E-state index in [0.717, 1.165) is 46.7 Å². The Kier molecular flexibility index (Phi) is 7.20. The highest BCUT2D eigenvalue weighted by molar-refractivity contribution is 7.20. The molecule has 1 aliphatic rings. The monoisotopic (exact) mass is 494 g/mol. The molecule has 0 aliphatic carbocycles. The number of hydrogen-bond donors (Lipinski definition) is 2. The number of aromatic nitrogens is 1. The van der Waals surface area contributed by atoms with Crippen LogP contribution in [0.2, 0.25) is 0 Å². The van der Waals surface area contributed by atoms with E-state index in [4.69, 9.17) is 5.26 Å². The highest BCUT2D eigenvalue weighted by atomic mass is 32.1. The van der Waals surface area contributed by atoms with E-state index in [1.54, 1.807) is 6.20 Å². The van der Waals surface area contributed by atoms with Gasteiger partial charge >= 0.3 is 0 Å². The third-order valence-electron chi connectivity index (χ3n) is 6.14. The van der Waals surface area contributed by atoms with Gasteiger partial charge in [0.25, 0.3) is 5.91 Å². The minimum Gasteiger partial charge on any atom is -0.383 e. The van der Waals surface area contributed by atoms with Gasteiger partial charge in [0, 0.05) is 48.3 Å². The van der Waals surface area contributed by atoms with Crippen LogP contribution in [0.5, 0.6) is 0 Å². The Morgan fingerprint density at radius 2 is 2.03 bits per heavy atom. The normalized spacial score (nSPS) is 14.6. The molecule has 1 unspecified atom stereocenters. The molecule has 0 radical (unpaired) electrons. The quantitative estimate of drug-likeness (QED) is 0.358. The number of carbonyl (C=O) groups excluding carboxylic acids is 1. The summed E-state index contributed by atoms with van der Waals surface area (Å²) in [7, 11) is 0. The van der Waals surface area contributed by atoms with Crippen molar-refractivity contribution in [1.82, 2.24) is 15.2 Å². The van der Waals surface area contributed by atoms with Gasteiger partial charge in [-0.05, 0) is 59.5 Å². The van der Waals surface area contributed by atoms with Gasteiger partial charge in [0.15, 0.2) is 0 Å². The van der Waals surface area contributed by atoms with Gasteiger partial charge in [-0.25, -0.2) is 0 Å². The van der Waals surface area contributed by atoms with E-state index in [0.29, 0.717) is 23.4 Å². The molecule has 1 amide bonds. The molecule has 180 valence electrons. The zero-order chi connectivity index (χ0) is 24.7. The Morgan fingerprint density at radius 3 is 2.83 bits per heavy atom. The van der Waals surface area contributed by atoms with Gasteiger partial charge in [-0.3, -0.25) is 14.8 Å². The Labute approximate surface area is 214 Å². The topological polar surface area (TPSA) is 93.4 Å². The molecule has 5 rings (SSSR count). The molecule has 8 heteroatoms. The van der Waals surface area contributed by atoms with Crippen molar-refractivity contribution in [2.45, 2.75) is 19.0 Å². The third kappa shape index (κ3) is 5.70. The van der Waals surface area contributed by atoms with E-state index in [1.165, 1.54) is 11.3 Å². The SMILES string of the molecule is N#Cc1ccc(CN2C=NCC2CNc2ccc3sc(C(=O)NCCc4ccccn4)cc3c2)cc1. The van der Waals surface area contributed by atoms with Crippen LogP contribution in [-0.2, 0) is 13.0 Å². The Morgan fingerprint density at radius 1 is 1.14 bits per heavy atom. The van der Waals surface area contributed by atoms with Gasteiger partial charge in [-0.1, -0.05) is 18.2 Å². The predicted octanol–water partition coefficient (Wildman–Crippen LogP) is 4.47. The molecule has 0 saturated heterocycles. The van der Waals surface area contributed by atoms with E-state index in [2.05, 4.69) is 49.8 Å². The highest BCUT2D eigenvalue weighted by Gasteiger charge is 2.20. The van der Waals surface area contributed by atoms with Crippen LogP contribution >= 0.6 is 11.3 Å². The summed E-state index contributed by atoms with van der Waals surface area (Å²) in [4.78, 5) is 24.3. The van der Waals surface area contributed by atoms with Crippen molar-refractivity contribution in [1.29, 1.82) is 5.26 Å². The minimum absolute atomic E-state index is 0.0526. The summed E-state index contributed by atoms with van der Waals surface area (Å²) < 4.78 is 1.09. The van der Waals surface area contributed by atoms with Crippen LogP contribution in [0.15, 0.2) is 77.9 Å². The molecule has 2 aromatic heterocycles. The maximum atomic E-state index is 12.6. The average Bonchev–Trinajstić information content (AvgIpc) is 3.55. The number of carbonyl (C=O) groups is 1. The number of thiophene rings is 1. The second kappa shape index (κ2) is 11.0. The summed E-state index contributed by atoms with van der Waals surface area (Å²) in [6.07, 6.45) is 4.38. The van der Waals surface area contributed by atoms with E-state index in [1.807, 2.05) is 54.9 Å². The maximum Gasteiger partial charge on any atom is 0.261 e. The summed E-state index contributed by atoms with van der Waals surface area (Å²) >= 11 is 1.50. The fourth-order valence-corrected chi connectivity index (χ4v) is 5.12. The number of hydrogen-bond acceptors (Lipinski definition) is 7. The lowest BCUT2D eigenvalue weighted by molar-refractivity contribution is 0.0958. The lowest BCUT2D eigenvalue weighted by Crippen LogP contribution is -2.36. The molecular weight excluding hydrogens is 468 g/mol. The van der Waals surface area contributed by atoms with Crippen LogP contribution in [0.1, 0.15) is 26.5 Å². The van der Waals surface area contributed by atoms with Gasteiger partial charge in [-0.15, -0.1) is 11.3 Å². The molecule has 0 fully saturated rings. The summed E-state index contributed by atoms with van der Waals surface area (Å²) in [6, 6.07) is 24.1. The second-order valence-corrected chi connectivity index (χ2v) is 9.77. The molecule has 3 heterocycles. The largest absolute Gasteiger partial charge is 0.383 e. The molecule has 2 aromatic carbocycles. The van der Waals surface area contributed by atoms with Crippen LogP contribution in [-0.4, -0.2) is 47.8 Å². The van der Waals surface area contributed by atoms with Gasteiger partial charge in [0.1, 0.15) is 0 Å². The first kappa shape index (κ1) is 23.5. The lowest BCUT2D eigenvalue weighted by atomic mass is 10.1. The zero-order valence-electron chi connectivity index (χ0n) is 19.7. The van der Waals surface area contributed by atoms with Crippen LogP contribution in [0.3, 0.4) is 0 Å². The van der Waals surface area contributed by atoms with Crippen molar-refractivity contribution in [2.75, 3.05) is 25.0 Å². The number of nitrogens with one attached hydrogen (secondary N) is 2. The van der Waals surface area contributed by atoms with Crippen molar-refractivity contribution in [3.05, 3.63) is 94.6 Å². The number of aliphatic imine (C=N–C) groups is 1. The Balaban J connectivity index is 1.16. The number of fused-ring (bicyclic) bond motifs is 1. The van der Waals surface area contributed by atoms with Crippen molar-refractivity contribution >= 4 is 39.4 Å². The molecule has 36 heavy (non-hydrogen) atoms. The van der Waals surface area contributed by atoms with E-state index in [-0.39, 0.29) is 11.9 Å². The molecule has 7 nitrogen and oxygen atoms in total. The fraction of sp³-hybridized carbons (Fsp3) is 0.214. The van der Waals surface area contributed by atoms with Crippen molar-refractivity contribution < 1.29 is 4.79 Å². The summed E-state index contributed by atoms with van der Waals surface area (Å²) in [5, 5.41) is 16.6. The summed E-state index contributed by atoms with van der Waals surface area (Å²) in [5.74, 6) is -0.0526. The standard InChI is InChI=1S/C28H26N6OS/c29-15-20-4-6-21(7-5-20)18-34-19-30-16-25(34)17-33-24-8-9-26-22(13-24)14-27(36-26)28(35)32-12-10-23-3-1-2-11-31-23/h1-9,11,13-14,19,25,33H,10,12,16-18H2,(H,32,35). The second-order valence-electron chi connectivity index (χ2n) is 8.69. The molecule has 4 aromatic rings. The first-order chi connectivity index (χ1) is 17.7. The molecule has 2 N–H and O–H groups in total. The molecule has 0 spiro atoms. The van der Waals surface area contributed by atoms with E-state index >= 15 is 0 Å². The summed E-state index contributed by atoms with van der Waals surface area (Å²) in [5.41, 5.74) is 3.81. The number of nitriles is 1. The number of benzene rings is 2. The third-order valence-corrected chi connectivity index (χ3v) is 7.25. The first-order valence-corrected chi connectivity index (χ1v) is 12.7. The molecule has 0 bridgehead atoms. The van der Waals surface area contributed by atoms with E-state index in [9.17, 15) is 4.79 Å². The summed E-state index contributed by atoms with van der Waals surface area (Å²) in [6.45, 7) is 2.81. The van der Waals surface area contributed by atoms with Crippen molar-refractivity contribution in [3.8, 4) is 6.07 Å². The smallest absolute Gasteiger partial charge is 0.261 e. The number of nitrogens with zero attached hydrogens (tertiary/aromatic N) is 4. The van der Waals surface area contributed by atoms with E-state index < -0.39 is 0 Å². The highest BCUT2D eigenvalue weighted by Crippen LogP contribution is 2.28. The zero-order valence-corrected chi connectivity index (χ0v) is 20.5. The minimum atomic E-state index is -0.0526. The molecule has 1 aliphatic heterocycles. The fourth-order valence-electron chi connectivity index (χ4n) is 4.16. The number of pyridine rings is 1. The Bertz CT molecular complexity index is 1410. The van der Waals surface area contributed by atoms with Crippen LogP contribution in [0.4, 0.5) is 5.69 Å². The van der Waals surface area contributed by atoms with Crippen LogP contribution in [0.25, 0.3) is 10.1 Å². The number of rotatable bonds is 9. The molecular formula is C28H26N6OS. The number of anilines is 1. The first-order valence-electron chi connectivity index (χ1n) is 11.9. The van der Waals surface area contributed by atoms with Gasteiger partial charge in [0.2, 0.25) is 0 Å². The predicted molar refractivity (Wildman–Crippen MR) is 144 cm³/mol. The van der Waals surface area contributed by atoms with Crippen LogP contribution in [0, 0.1) is 11.3 Å². The molecule has 1 atom stereocenters. The maximum absolute atomic E-state index is 12.6. The molecule has 0 saturated carbocycles.